The van der Waals surface area contributed by atoms with Crippen molar-refractivity contribution in [2.45, 2.75) is 19.3 Å². The predicted octanol–water partition coefficient (Wildman–Crippen LogP) is 4.63. The molecule has 0 heterocycles. The van der Waals surface area contributed by atoms with Crippen molar-refractivity contribution in [1.82, 2.24) is 0 Å². The molecular formula is C16H20Ti. The van der Waals surface area contributed by atoms with Crippen LogP contribution in [0.25, 0.3) is 0 Å². The molecule has 1 heteroatoms. The van der Waals surface area contributed by atoms with Gasteiger partial charge in [-0.2, -0.15) is 42.8 Å². The second kappa shape index (κ2) is 11.9. The van der Waals surface area contributed by atoms with Gasteiger partial charge < -0.3 is 19.3 Å². The van der Waals surface area contributed by atoms with Crippen molar-refractivity contribution in [2.24, 2.45) is 5.92 Å². The minimum Gasteiger partial charge on any atom is -0.369 e. The third-order valence-electron chi connectivity index (χ3n) is 2.39. The molecule has 0 saturated heterocycles. The van der Waals surface area contributed by atoms with Crippen molar-refractivity contribution in [2.75, 3.05) is 0 Å². The van der Waals surface area contributed by atoms with Gasteiger partial charge in [-0.15, -0.1) is 6.42 Å². The predicted molar refractivity (Wildman–Crippen MR) is 71.1 cm³/mol. The molecule has 17 heavy (non-hydrogen) atoms. The van der Waals surface area contributed by atoms with Gasteiger partial charge in [-0.25, -0.2) is 24.3 Å². The van der Waals surface area contributed by atoms with Gasteiger partial charge in [0.25, 0.3) is 0 Å². The van der Waals surface area contributed by atoms with E-state index in [0.717, 1.165) is 0 Å². The third kappa shape index (κ3) is 10.3. The quantitative estimate of drug-likeness (QED) is 0.478. The van der Waals surface area contributed by atoms with Crippen LogP contribution in [0, 0.1) is 19.3 Å². The largest absolute Gasteiger partial charge is 4.00 e. The maximum Gasteiger partial charge on any atom is 4.00 e. The van der Waals surface area contributed by atoms with Crippen molar-refractivity contribution in [1.29, 1.82) is 0 Å². The summed E-state index contributed by atoms with van der Waals surface area (Å²) in [6.07, 6.45) is 6.28. The van der Waals surface area contributed by atoms with Gasteiger partial charge in [0.05, 0.1) is 0 Å². The van der Waals surface area contributed by atoms with E-state index in [0.29, 0.717) is 5.92 Å². The summed E-state index contributed by atoms with van der Waals surface area (Å²) >= 11 is 0. The van der Waals surface area contributed by atoms with Crippen LogP contribution in [0.3, 0.4) is 0 Å². The monoisotopic (exact) mass is 260 g/mol. The van der Waals surface area contributed by atoms with Crippen molar-refractivity contribution >= 4 is 0 Å². The molecule has 0 N–H and O–H groups in total. The van der Waals surface area contributed by atoms with Gasteiger partial charge in [-0.3, -0.25) is 0 Å². The number of rotatable bonds is 0. The summed E-state index contributed by atoms with van der Waals surface area (Å²) in [7, 11) is 0. The zero-order valence-electron chi connectivity index (χ0n) is 10.3. The SMILES string of the molecule is [CH2-]C1[CH-]CCC1.[Ti+4].c1cc[cH-]c1.c1cc[cH-]c1. The molecule has 0 radical (unpaired) electrons. The molecule has 1 saturated carbocycles. The van der Waals surface area contributed by atoms with Crippen molar-refractivity contribution in [3.8, 4) is 0 Å². The van der Waals surface area contributed by atoms with Crippen LogP contribution in [-0.4, -0.2) is 0 Å². The molecule has 0 amide bonds. The molecule has 0 aliphatic heterocycles. The Kier molecular flexibility index (Phi) is 11.5. The molecule has 1 aliphatic carbocycles. The molecule has 1 atom stereocenters. The summed E-state index contributed by atoms with van der Waals surface area (Å²) in [6.45, 7) is 3.88. The van der Waals surface area contributed by atoms with Crippen LogP contribution in [0.2, 0.25) is 0 Å². The Labute approximate surface area is 121 Å². The Balaban J connectivity index is 0.000000221. The summed E-state index contributed by atoms with van der Waals surface area (Å²) < 4.78 is 0. The van der Waals surface area contributed by atoms with Crippen molar-refractivity contribution < 1.29 is 21.7 Å². The molecule has 2 aromatic carbocycles. The Morgan fingerprint density at radius 3 is 1.47 bits per heavy atom. The van der Waals surface area contributed by atoms with Crippen LogP contribution < -0.4 is 0 Å². The van der Waals surface area contributed by atoms with Gasteiger partial charge in [0.2, 0.25) is 0 Å². The van der Waals surface area contributed by atoms with Gasteiger partial charge in [0.15, 0.2) is 0 Å². The second-order valence-corrected chi connectivity index (χ2v) is 3.85. The van der Waals surface area contributed by atoms with E-state index >= 15 is 0 Å². The smallest absolute Gasteiger partial charge is 0.369 e. The summed E-state index contributed by atoms with van der Waals surface area (Å²) in [5.41, 5.74) is 0. The Morgan fingerprint density at radius 1 is 0.882 bits per heavy atom. The van der Waals surface area contributed by atoms with E-state index in [2.05, 4.69) is 13.3 Å². The van der Waals surface area contributed by atoms with Crippen LogP contribution in [0.15, 0.2) is 60.7 Å². The first-order chi connectivity index (χ1) is 7.89. The Hall–Kier alpha value is -0.586. The van der Waals surface area contributed by atoms with Gasteiger partial charge in [-0.05, 0) is 0 Å². The summed E-state index contributed by atoms with van der Waals surface area (Å²) in [4.78, 5) is 0. The molecule has 0 nitrogen and oxygen atoms in total. The van der Waals surface area contributed by atoms with Crippen LogP contribution in [-0.2, 0) is 21.7 Å². The summed E-state index contributed by atoms with van der Waals surface area (Å²) in [5, 5.41) is 0. The first kappa shape index (κ1) is 16.4. The topological polar surface area (TPSA) is 0 Å². The minimum atomic E-state index is 0. The van der Waals surface area contributed by atoms with E-state index in [1.807, 2.05) is 60.7 Å². The van der Waals surface area contributed by atoms with E-state index in [9.17, 15) is 0 Å². The zero-order chi connectivity index (χ0) is 11.5. The molecule has 0 aromatic heterocycles. The molecular weight excluding hydrogens is 240 g/mol. The minimum absolute atomic E-state index is 0. The number of hydrogen-bond donors (Lipinski definition) is 0. The van der Waals surface area contributed by atoms with Crippen LogP contribution >= 0.6 is 0 Å². The average molecular weight is 260 g/mol. The standard InChI is InChI=1S/C6H10.2C5H5.Ti/c1-6-4-2-3-5-6;2*1-2-4-5-3-1;/h4,6H,1-3,5H2;2*1-5H;/q-2;2*-1;+4. The molecule has 0 spiro atoms. The first-order valence-corrected chi connectivity index (χ1v) is 5.89. The van der Waals surface area contributed by atoms with Gasteiger partial charge >= 0.3 is 21.7 Å². The van der Waals surface area contributed by atoms with Gasteiger partial charge in [-0.1, -0.05) is 6.42 Å². The van der Waals surface area contributed by atoms with E-state index in [1.54, 1.807) is 0 Å². The summed E-state index contributed by atoms with van der Waals surface area (Å²) in [6, 6.07) is 20.0. The van der Waals surface area contributed by atoms with Crippen molar-refractivity contribution in [3.63, 3.8) is 0 Å². The summed E-state index contributed by atoms with van der Waals surface area (Å²) in [5.74, 6) is 0.671. The van der Waals surface area contributed by atoms with Gasteiger partial charge in [0, 0.05) is 0 Å². The molecule has 1 unspecified atom stereocenters. The molecule has 1 fully saturated rings. The molecule has 0 bridgehead atoms. The van der Waals surface area contributed by atoms with E-state index in [1.165, 1.54) is 19.3 Å². The normalized spacial score (nSPS) is 16.9. The van der Waals surface area contributed by atoms with Crippen molar-refractivity contribution in [3.05, 3.63) is 74.0 Å². The molecule has 3 rings (SSSR count). The van der Waals surface area contributed by atoms with E-state index in [4.69, 9.17) is 0 Å². The van der Waals surface area contributed by atoms with E-state index in [-0.39, 0.29) is 21.7 Å². The van der Waals surface area contributed by atoms with Gasteiger partial charge in [0.1, 0.15) is 0 Å². The van der Waals surface area contributed by atoms with E-state index < -0.39 is 0 Å². The fraction of sp³-hybridized carbons (Fsp3) is 0.250. The average Bonchev–Trinajstić information content (AvgIpc) is 3.07. The Bertz CT molecular complexity index is 227. The fourth-order valence-electron chi connectivity index (χ4n) is 1.49. The maximum atomic E-state index is 3.88. The third-order valence-corrected chi connectivity index (χ3v) is 2.39. The molecule has 1 aliphatic rings. The number of hydrogen-bond acceptors (Lipinski definition) is 0. The van der Waals surface area contributed by atoms with Crippen LogP contribution in [0.1, 0.15) is 19.3 Å². The molecule has 88 valence electrons. The van der Waals surface area contributed by atoms with Crippen LogP contribution in [0.4, 0.5) is 0 Å². The second-order valence-electron chi connectivity index (χ2n) is 3.85. The Morgan fingerprint density at radius 2 is 1.35 bits per heavy atom. The zero-order valence-corrected chi connectivity index (χ0v) is 11.8. The van der Waals surface area contributed by atoms with Crippen LogP contribution in [0.5, 0.6) is 0 Å². The maximum absolute atomic E-state index is 3.88. The first-order valence-electron chi connectivity index (χ1n) is 5.89. The molecule has 2 aromatic rings. The fourth-order valence-corrected chi connectivity index (χ4v) is 1.49.